The third-order valence-corrected chi connectivity index (χ3v) is 6.88. The van der Waals surface area contributed by atoms with E-state index in [9.17, 15) is 8.42 Å². The third kappa shape index (κ3) is 3.01. The van der Waals surface area contributed by atoms with Gasteiger partial charge in [-0.25, -0.2) is 8.42 Å². The van der Waals surface area contributed by atoms with Gasteiger partial charge >= 0.3 is 0 Å². The van der Waals surface area contributed by atoms with E-state index in [1.807, 2.05) is 19.1 Å². The maximum absolute atomic E-state index is 13.0. The van der Waals surface area contributed by atoms with E-state index in [0.29, 0.717) is 4.90 Å². The van der Waals surface area contributed by atoms with Crippen LogP contribution >= 0.6 is 15.9 Å². The Kier molecular flexibility index (Phi) is 5.08. The molecule has 1 aromatic rings. The van der Waals surface area contributed by atoms with Crippen molar-refractivity contribution in [3.05, 3.63) is 42.5 Å². The maximum Gasteiger partial charge on any atom is 0.185 e. The maximum atomic E-state index is 13.0. The minimum absolute atomic E-state index is 0.0162. The Morgan fingerprint density at radius 2 is 1.90 bits per heavy atom. The molecule has 0 amide bonds. The van der Waals surface area contributed by atoms with Gasteiger partial charge in [0.25, 0.3) is 0 Å². The molecule has 0 radical (unpaired) electrons. The number of hydrogen-bond acceptors (Lipinski definition) is 2. The van der Waals surface area contributed by atoms with Gasteiger partial charge in [-0.05, 0) is 37.3 Å². The van der Waals surface area contributed by atoms with E-state index >= 15 is 0 Å². The van der Waals surface area contributed by atoms with Gasteiger partial charge in [0.15, 0.2) is 9.84 Å². The standard InChI is InChI=1S/C16H21BrO2S/c1-3-15(13-8-4-5-9-13)20(18,19)16-11-7-6-10-14(16)12(2)17/h3,6-7,10-13,15H,1,4-5,8-9H2,2H3. The Morgan fingerprint density at radius 1 is 1.30 bits per heavy atom. The smallest absolute Gasteiger partial charge is 0.185 e. The number of rotatable bonds is 5. The Labute approximate surface area is 130 Å². The van der Waals surface area contributed by atoms with E-state index < -0.39 is 15.1 Å². The third-order valence-electron chi connectivity index (χ3n) is 4.11. The fourth-order valence-electron chi connectivity index (χ4n) is 3.07. The van der Waals surface area contributed by atoms with Crippen molar-refractivity contribution in [2.75, 3.05) is 0 Å². The molecule has 20 heavy (non-hydrogen) atoms. The van der Waals surface area contributed by atoms with Gasteiger partial charge < -0.3 is 0 Å². The van der Waals surface area contributed by atoms with Crippen LogP contribution < -0.4 is 0 Å². The molecule has 0 aromatic heterocycles. The van der Waals surface area contributed by atoms with Gasteiger partial charge in [-0.2, -0.15) is 0 Å². The molecule has 2 unspecified atom stereocenters. The van der Waals surface area contributed by atoms with Crippen molar-refractivity contribution >= 4 is 25.8 Å². The van der Waals surface area contributed by atoms with E-state index in [0.717, 1.165) is 31.2 Å². The number of alkyl halides is 1. The second-order valence-electron chi connectivity index (χ2n) is 5.44. The van der Waals surface area contributed by atoms with Crippen LogP contribution in [0.3, 0.4) is 0 Å². The molecule has 1 aliphatic carbocycles. The SMILES string of the molecule is C=CC(C1CCCC1)S(=O)(=O)c1ccccc1C(C)Br. The quantitative estimate of drug-likeness (QED) is 0.567. The molecule has 2 atom stereocenters. The topological polar surface area (TPSA) is 34.1 Å². The van der Waals surface area contributed by atoms with Crippen molar-refractivity contribution in [2.24, 2.45) is 5.92 Å². The van der Waals surface area contributed by atoms with Crippen LogP contribution in [0.4, 0.5) is 0 Å². The first-order chi connectivity index (χ1) is 9.48. The first-order valence-corrected chi connectivity index (χ1v) is 9.54. The van der Waals surface area contributed by atoms with Crippen LogP contribution in [0.5, 0.6) is 0 Å². The van der Waals surface area contributed by atoms with Crippen LogP contribution in [0.15, 0.2) is 41.8 Å². The van der Waals surface area contributed by atoms with Gasteiger partial charge in [0.1, 0.15) is 0 Å². The molecule has 1 aromatic carbocycles. The predicted molar refractivity (Wildman–Crippen MR) is 86.9 cm³/mol. The summed E-state index contributed by atoms with van der Waals surface area (Å²) in [5, 5.41) is -0.461. The van der Waals surface area contributed by atoms with E-state index in [2.05, 4.69) is 22.5 Å². The van der Waals surface area contributed by atoms with Crippen LogP contribution in [0, 0.1) is 5.92 Å². The van der Waals surface area contributed by atoms with Gasteiger partial charge in [0, 0.05) is 4.83 Å². The van der Waals surface area contributed by atoms with Crippen LogP contribution in [0.2, 0.25) is 0 Å². The van der Waals surface area contributed by atoms with Gasteiger partial charge in [-0.3, -0.25) is 0 Å². The number of halogens is 1. The Morgan fingerprint density at radius 3 is 2.45 bits per heavy atom. The van der Waals surface area contributed by atoms with E-state index in [1.54, 1.807) is 18.2 Å². The molecule has 1 saturated carbocycles. The molecule has 0 spiro atoms. The fraction of sp³-hybridized carbons (Fsp3) is 0.500. The Hall–Kier alpha value is -0.610. The highest BCUT2D eigenvalue weighted by atomic mass is 79.9. The lowest BCUT2D eigenvalue weighted by Gasteiger charge is -2.22. The monoisotopic (exact) mass is 356 g/mol. The summed E-state index contributed by atoms with van der Waals surface area (Å²) in [7, 11) is -3.36. The van der Waals surface area contributed by atoms with Crippen molar-refractivity contribution in [1.82, 2.24) is 0 Å². The molecule has 0 heterocycles. The Bertz CT molecular complexity index is 572. The number of sulfone groups is 1. The zero-order valence-electron chi connectivity index (χ0n) is 11.8. The first kappa shape index (κ1) is 15.8. The van der Waals surface area contributed by atoms with Crippen LogP contribution in [0.25, 0.3) is 0 Å². The zero-order chi connectivity index (χ0) is 14.8. The van der Waals surface area contributed by atoms with Gasteiger partial charge in [-0.1, -0.05) is 53.0 Å². The fourth-order valence-corrected chi connectivity index (χ4v) is 5.79. The minimum atomic E-state index is -3.36. The molecule has 1 fully saturated rings. The van der Waals surface area contributed by atoms with E-state index in [4.69, 9.17) is 0 Å². The highest BCUT2D eigenvalue weighted by Gasteiger charge is 2.35. The van der Waals surface area contributed by atoms with Gasteiger partial charge in [0.05, 0.1) is 10.1 Å². The molecule has 4 heteroatoms. The number of hydrogen-bond donors (Lipinski definition) is 0. The molecular weight excluding hydrogens is 336 g/mol. The molecule has 0 aliphatic heterocycles. The summed E-state index contributed by atoms with van der Waals surface area (Å²) in [5.41, 5.74) is 0.831. The summed E-state index contributed by atoms with van der Waals surface area (Å²) in [6, 6.07) is 7.26. The van der Waals surface area contributed by atoms with Crippen LogP contribution in [-0.2, 0) is 9.84 Å². The number of benzene rings is 1. The van der Waals surface area contributed by atoms with Crippen molar-refractivity contribution < 1.29 is 8.42 Å². The lowest BCUT2D eigenvalue weighted by Crippen LogP contribution is -2.27. The first-order valence-electron chi connectivity index (χ1n) is 7.08. The summed E-state index contributed by atoms with van der Waals surface area (Å²) in [6.45, 7) is 5.73. The molecule has 0 saturated heterocycles. The second-order valence-corrected chi connectivity index (χ2v) is 8.89. The lowest BCUT2D eigenvalue weighted by atomic mass is 10.0. The summed E-state index contributed by atoms with van der Waals surface area (Å²) in [6.07, 6.45) is 5.85. The summed E-state index contributed by atoms with van der Waals surface area (Å²) in [5.74, 6) is 0.219. The van der Waals surface area contributed by atoms with Gasteiger partial charge in [-0.15, -0.1) is 6.58 Å². The molecule has 0 bridgehead atoms. The van der Waals surface area contributed by atoms with Crippen molar-refractivity contribution in [3.8, 4) is 0 Å². The van der Waals surface area contributed by atoms with Crippen molar-refractivity contribution in [1.29, 1.82) is 0 Å². The summed E-state index contributed by atoms with van der Waals surface area (Å²) >= 11 is 3.49. The predicted octanol–water partition coefficient (Wildman–Crippen LogP) is 4.66. The normalized spacial score (nSPS) is 19.7. The molecular formula is C16H21BrO2S. The molecule has 0 N–H and O–H groups in total. The largest absolute Gasteiger partial charge is 0.223 e. The Balaban J connectivity index is 2.45. The minimum Gasteiger partial charge on any atom is -0.223 e. The average Bonchev–Trinajstić information content (AvgIpc) is 2.93. The van der Waals surface area contributed by atoms with Crippen molar-refractivity contribution in [2.45, 2.75) is 47.6 Å². The van der Waals surface area contributed by atoms with Gasteiger partial charge in [0.2, 0.25) is 0 Å². The van der Waals surface area contributed by atoms with Crippen LogP contribution in [-0.4, -0.2) is 13.7 Å². The molecule has 1 aliphatic rings. The zero-order valence-corrected chi connectivity index (χ0v) is 14.2. The summed E-state index contributed by atoms with van der Waals surface area (Å²) < 4.78 is 26.0. The lowest BCUT2D eigenvalue weighted by molar-refractivity contribution is 0.521. The highest BCUT2D eigenvalue weighted by molar-refractivity contribution is 9.09. The van der Waals surface area contributed by atoms with E-state index in [-0.39, 0.29) is 10.7 Å². The summed E-state index contributed by atoms with van der Waals surface area (Å²) in [4.78, 5) is 0.462. The van der Waals surface area contributed by atoms with Crippen molar-refractivity contribution in [3.63, 3.8) is 0 Å². The molecule has 2 rings (SSSR count). The highest BCUT2D eigenvalue weighted by Crippen LogP contribution is 2.37. The second kappa shape index (κ2) is 6.44. The average molecular weight is 357 g/mol. The van der Waals surface area contributed by atoms with E-state index in [1.165, 1.54) is 0 Å². The molecule has 2 nitrogen and oxygen atoms in total. The molecule has 110 valence electrons. The van der Waals surface area contributed by atoms with Crippen LogP contribution in [0.1, 0.15) is 43.0 Å².